The lowest BCUT2D eigenvalue weighted by atomic mass is 9.65. The maximum absolute atomic E-state index is 13.5. The summed E-state index contributed by atoms with van der Waals surface area (Å²) in [6.07, 6.45) is 4.15. The maximum Gasteiger partial charge on any atom is 0.328 e. The second kappa shape index (κ2) is 6.74. The lowest BCUT2D eigenvalue weighted by molar-refractivity contribution is -0.131. The molecule has 0 bridgehead atoms. The van der Waals surface area contributed by atoms with E-state index < -0.39 is 12.1 Å². The van der Waals surface area contributed by atoms with Crippen LogP contribution in [0.25, 0.3) is 6.08 Å². The largest absolute Gasteiger partial charge is 0.478 e. The van der Waals surface area contributed by atoms with Gasteiger partial charge in [0.2, 0.25) is 0 Å². The van der Waals surface area contributed by atoms with Crippen molar-refractivity contribution in [3.05, 3.63) is 54.0 Å². The Bertz CT molecular complexity index is 728. The van der Waals surface area contributed by atoms with E-state index in [1.54, 1.807) is 18.3 Å². The van der Waals surface area contributed by atoms with Crippen molar-refractivity contribution < 1.29 is 14.3 Å². The van der Waals surface area contributed by atoms with Crippen molar-refractivity contribution in [2.24, 2.45) is 0 Å². The molecule has 3 rings (SSSR count). The van der Waals surface area contributed by atoms with Crippen molar-refractivity contribution >= 4 is 17.9 Å². The first-order valence-electron chi connectivity index (χ1n) is 7.62. The highest BCUT2D eigenvalue weighted by atomic mass is 19.1. The fourth-order valence-corrected chi connectivity index (χ4v) is 2.85. The molecule has 1 fully saturated rings. The minimum absolute atomic E-state index is 0.329. The first-order chi connectivity index (χ1) is 11.6. The Labute approximate surface area is 138 Å². The topological polar surface area (TPSA) is 88.0 Å². The van der Waals surface area contributed by atoms with E-state index in [1.165, 1.54) is 6.08 Å². The Morgan fingerprint density at radius 1 is 1.33 bits per heavy atom. The molecule has 0 radical (unpaired) electrons. The molecule has 1 aliphatic rings. The lowest BCUT2D eigenvalue weighted by Gasteiger charge is -2.43. The van der Waals surface area contributed by atoms with E-state index in [0.29, 0.717) is 30.9 Å². The fraction of sp³-hybridized carbons (Fsp3) is 0.294. The summed E-state index contributed by atoms with van der Waals surface area (Å²) >= 11 is 0. The number of aliphatic carboxylic acids is 1. The number of halogens is 1. The van der Waals surface area contributed by atoms with Crippen LogP contribution in [0.2, 0.25) is 0 Å². The monoisotopic (exact) mass is 328 g/mol. The van der Waals surface area contributed by atoms with Gasteiger partial charge in [0.1, 0.15) is 12.0 Å². The maximum atomic E-state index is 13.5. The van der Waals surface area contributed by atoms with Crippen LogP contribution in [0.15, 0.2) is 42.6 Å². The number of aromatic nitrogens is 3. The van der Waals surface area contributed by atoms with Crippen molar-refractivity contribution in [3.63, 3.8) is 0 Å². The molecule has 2 aromatic heterocycles. The summed E-state index contributed by atoms with van der Waals surface area (Å²) in [4.78, 5) is 14.8. The van der Waals surface area contributed by atoms with Gasteiger partial charge in [-0.1, -0.05) is 6.07 Å². The van der Waals surface area contributed by atoms with Gasteiger partial charge in [-0.15, -0.1) is 10.2 Å². The zero-order valence-electron chi connectivity index (χ0n) is 12.9. The summed E-state index contributed by atoms with van der Waals surface area (Å²) in [5.41, 5.74) is 1.000. The van der Waals surface area contributed by atoms with Gasteiger partial charge in [0.15, 0.2) is 0 Å². The van der Waals surface area contributed by atoms with Gasteiger partial charge in [-0.3, -0.25) is 4.98 Å². The molecule has 0 atom stereocenters. The van der Waals surface area contributed by atoms with Gasteiger partial charge in [0.05, 0.1) is 5.69 Å². The Kier molecular flexibility index (Phi) is 4.50. The predicted molar refractivity (Wildman–Crippen MR) is 87.2 cm³/mol. The van der Waals surface area contributed by atoms with E-state index in [1.807, 2.05) is 18.2 Å². The number of carbonyl (C=O) groups is 1. The van der Waals surface area contributed by atoms with Gasteiger partial charge >= 0.3 is 5.97 Å². The third kappa shape index (κ3) is 3.56. The summed E-state index contributed by atoms with van der Waals surface area (Å²) < 4.78 is 13.5. The van der Waals surface area contributed by atoms with Crippen LogP contribution in [-0.4, -0.2) is 39.0 Å². The van der Waals surface area contributed by atoms with E-state index in [4.69, 9.17) is 5.11 Å². The molecule has 0 unspecified atom stereocenters. The minimum atomic E-state index is -1.04. The summed E-state index contributed by atoms with van der Waals surface area (Å²) in [6, 6.07) is 9.04. The highest BCUT2D eigenvalue weighted by molar-refractivity contribution is 5.84. The molecule has 0 aromatic carbocycles. The van der Waals surface area contributed by atoms with Gasteiger partial charge in [-0.25, -0.2) is 9.18 Å². The van der Waals surface area contributed by atoms with Crippen molar-refractivity contribution in [2.45, 2.75) is 24.4 Å². The van der Waals surface area contributed by atoms with Crippen molar-refractivity contribution in [2.75, 3.05) is 11.9 Å². The molecule has 0 aliphatic heterocycles. The first-order valence-corrected chi connectivity index (χ1v) is 7.62. The molecule has 0 saturated heterocycles. The van der Waals surface area contributed by atoms with Crippen LogP contribution in [0.1, 0.15) is 24.2 Å². The van der Waals surface area contributed by atoms with Crippen LogP contribution in [-0.2, 0) is 10.2 Å². The average molecular weight is 328 g/mol. The van der Waals surface area contributed by atoms with Gasteiger partial charge in [0, 0.05) is 29.9 Å². The van der Waals surface area contributed by atoms with Gasteiger partial charge in [-0.05, 0) is 43.2 Å². The summed E-state index contributed by atoms with van der Waals surface area (Å²) in [5.74, 6) is -0.484. The van der Waals surface area contributed by atoms with E-state index in [-0.39, 0.29) is 5.41 Å². The number of hydrogen-bond donors (Lipinski definition) is 2. The highest BCUT2D eigenvalue weighted by Crippen LogP contribution is 2.44. The van der Waals surface area contributed by atoms with E-state index in [2.05, 4.69) is 20.5 Å². The fourth-order valence-electron chi connectivity index (χ4n) is 2.85. The van der Waals surface area contributed by atoms with Gasteiger partial charge < -0.3 is 10.4 Å². The van der Waals surface area contributed by atoms with Crippen LogP contribution >= 0.6 is 0 Å². The van der Waals surface area contributed by atoms with Gasteiger partial charge in [0.25, 0.3) is 0 Å². The molecule has 2 heterocycles. The third-order valence-electron chi connectivity index (χ3n) is 4.12. The van der Waals surface area contributed by atoms with Crippen LogP contribution in [0, 0.1) is 0 Å². The lowest BCUT2D eigenvalue weighted by Crippen LogP contribution is -2.48. The Hall–Kier alpha value is -2.83. The highest BCUT2D eigenvalue weighted by Gasteiger charge is 2.46. The Balaban J connectivity index is 1.66. The number of anilines is 1. The molecule has 0 spiro atoms. The number of pyridine rings is 1. The standard InChI is InChI=1S/C17H17FN4O2/c18-12-9-17(10-12,14-3-1-2-8-19-14)11-20-15-6-4-13(21-22-15)5-7-16(23)24/h1-8,12H,9-11H2,(H,20,22)(H,23,24). The normalized spacial score (nSPS) is 23.0. The Morgan fingerprint density at radius 2 is 2.17 bits per heavy atom. The summed E-state index contributed by atoms with van der Waals surface area (Å²) in [7, 11) is 0. The van der Waals surface area contributed by atoms with Crippen LogP contribution < -0.4 is 5.32 Å². The third-order valence-corrected chi connectivity index (χ3v) is 4.12. The number of rotatable bonds is 6. The molecule has 2 N–H and O–H groups in total. The van der Waals surface area contributed by atoms with Crippen LogP contribution in [0.3, 0.4) is 0 Å². The second-order valence-electron chi connectivity index (χ2n) is 5.87. The number of carboxylic acids is 1. The molecule has 124 valence electrons. The number of nitrogens with one attached hydrogen (secondary N) is 1. The molecular weight excluding hydrogens is 311 g/mol. The van der Waals surface area contributed by atoms with E-state index in [9.17, 15) is 9.18 Å². The van der Waals surface area contributed by atoms with Crippen molar-refractivity contribution in [1.82, 2.24) is 15.2 Å². The molecule has 7 heteroatoms. The minimum Gasteiger partial charge on any atom is -0.478 e. The molecule has 2 aromatic rings. The number of hydrogen-bond acceptors (Lipinski definition) is 5. The number of alkyl halides is 1. The summed E-state index contributed by atoms with van der Waals surface area (Å²) in [6.45, 7) is 0.517. The molecular formula is C17H17FN4O2. The van der Waals surface area contributed by atoms with Crippen LogP contribution in [0.5, 0.6) is 0 Å². The van der Waals surface area contributed by atoms with Gasteiger partial charge in [-0.2, -0.15) is 0 Å². The number of nitrogens with zero attached hydrogens (tertiary/aromatic N) is 3. The van der Waals surface area contributed by atoms with E-state index >= 15 is 0 Å². The van der Waals surface area contributed by atoms with Crippen molar-refractivity contribution in [3.8, 4) is 0 Å². The second-order valence-corrected chi connectivity index (χ2v) is 5.87. The number of carboxylic acid groups (broad SMARTS) is 1. The molecule has 1 aliphatic carbocycles. The van der Waals surface area contributed by atoms with Crippen LogP contribution in [0.4, 0.5) is 10.2 Å². The molecule has 1 saturated carbocycles. The predicted octanol–water partition coefficient (Wildman–Crippen LogP) is 2.45. The quantitative estimate of drug-likeness (QED) is 0.792. The average Bonchev–Trinajstić information content (AvgIpc) is 2.57. The zero-order valence-corrected chi connectivity index (χ0v) is 12.9. The SMILES string of the molecule is O=C(O)C=Cc1ccc(NCC2(c3ccccn3)CC(F)C2)nn1. The molecule has 0 amide bonds. The van der Waals surface area contributed by atoms with E-state index in [0.717, 1.165) is 11.8 Å². The smallest absolute Gasteiger partial charge is 0.328 e. The zero-order chi connectivity index (χ0) is 17.0. The Morgan fingerprint density at radius 3 is 2.75 bits per heavy atom. The summed E-state index contributed by atoms with van der Waals surface area (Å²) in [5, 5.41) is 19.7. The van der Waals surface area contributed by atoms with Crippen molar-refractivity contribution in [1.29, 1.82) is 0 Å². The first kappa shape index (κ1) is 16.0. The molecule has 6 nitrogen and oxygen atoms in total. The molecule has 24 heavy (non-hydrogen) atoms.